The molecule has 0 heterocycles. The van der Waals surface area contributed by atoms with Gasteiger partial charge in [-0.2, -0.15) is 0 Å². The van der Waals surface area contributed by atoms with Gasteiger partial charge in [-0.3, -0.25) is 4.79 Å². The molecule has 2 aliphatic carbocycles. The van der Waals surface area contributed by atoms with Crippen LogP contribution in [0.4, 0.5) is 0 Å². The van der Waals surface area contributed by atoms with Gasteiger partial charge in [-0.25, -0.2) is 0 Å². The second-order valence-electron chi connectivity index (χ2n) is 3.74. The van der Waals surface area contributed by atoms with Crippen LogP contribution in [0.5, 0.6) is 0 Å². The number of carbonyl (C=O) groups is 1. The van der Waals surface area contributed by atoms with Crippen molar-refractivity contribution < 1.29 is 19.7 Å². The number of carbonyl (C=O) groups excluding carboxylic acids is 1. The fourth-order valence-corrected chi connectivity index (χ4v) is 2.07. The van der Waals surface area contributed by atoms with E-state index in [1.165, 1.54) is 12.5 Å². The molecule has 0 aromatic carbocycles. The van der Waals surface area contributed by atoms with E-state index in [9.17, 15) is 9.90 Å². The van der Waals surface area contributed by atoms with Crippen molar-refractivity contribution in [2.75, 3.05) is 7.11 Å². The van der Waals surface area contributed by atoms with Crippen molar-refractivity contribution in [1.82, 2.24) is 0 Å². The first-order valence-corrected chi connectivity index (χ1v) is 5.20. The highest BCUT2D eigenvalue weighted by Gasteiger charge is 2.50. The first-order chi connectivity index (χ1) is 7.62. The molecule has 2 rings (SSSR count). The summed E-state index contributed by atoms with van der Waals surface area (Å²) in [5.41, 5.74) is -0.870. The van der Waals surface area contributed by atoms with Crippen LogP contribution in [0.2, 0.25) is 0 Å². The summed E-state index contributed by atoms with van der Waals surface area (Å²) in [6.07, 6.45) is 5.78. The Labute approximate surface area is 96.2 Å². The van der Waals surface area contributed by atoms with Crippen molar-refractivity contribution in [1.29, 1.82) is 0 Å². The highest BCUT2D eigenvalue weighted by atomic mass is 16.5. The molecule has 0 aliphatic heterocycles. The number of rotatable bonds is 2. The maximum absolute atomic E-state index is 10.9. The smallest absolute Gasteiger partial charge is 0.164 e. The van der Waals surface area contributed by atoms with Gasteiger partial charge in [0.15, 0.2) is 5.78 Å². The molecular weight excluding hydrogens is 208 g/mol. The Morgan fingerprint density at radius 2 is 2.00 bits per heavy atom. The predicted octanol–water partition coefficient (Wildman–Crippen LogP) is 1.39. The number of Topliss-reactive ketones (excluding diaryl/α,β-unsaturated/α-hetero) is 1. The normalized spacial score (nSPS) is 29.4. The summed E-state index contributed by atoms with van der Waals surface area (Å²) in [7, 11) is 1.00. The largest absolute Gasteiger partial charge is 0.474 e. The fraction of sp³-hybridized carbons (Fsp3) is 0.583. The van der Waals surface area contributed by atoms with Gasteiger partial charge in [-0.1, -0.05) is 13.2 Å². The second kappa shape index (κ2) is 7.19. The lowest BCUT2D eigenvalue weighted by atomic mass is 9.96. The highest BCUT2D eigenvalue weighted by molar-refractivity contribution is 5.90. The summed E-state index contributed by atoms with van der Waals surface area (Å²) in [6, 6.07) is 0. The van der Waals surface area contributed by atoms with E-state index in [1.54, 1.807) is 0 Å². The van der Waals surface area contributed by atoms with Crippen LogP contribution < -0.4 is 0 Å². The van der Waals surface area contributed by atoms with Crippen LogP contribution >= 0.6 is 0 Å². The minimum Gasteiger partial charge on any atom is -0.474 e. The lowest BCUT2D eigenvalue weighted by molar-refractivity contribution is -0.134. The summed E-state index contributed by atoms with van der Waals surface area (Å²) in [5.74, 6) is 0.598. The minimum atomic E-state index is -0.870. The molecule has 0 aromatic rings. The molecule has 0 spiro atoms. The van der Waals surface area contributed by atoms with E-state index in [4.69, 9.17) is 5.11 Å². The van der Waals surface area contributed by atoms with Crippen LogP contribution in [0, 0.1) is 5.92 Å². The van der Waals surface area contributed by atoms with E-state index < -0.39 is 5.60 Å². The van der Waals surface area contributed by atoms with E-state index in [-0.39, 0.29) is 5.78 Å². The van der Waals surface area contributed by atoms with Crippen LogP contribution in [0.15, 0.2) is 25.7 Å². The monoisotopic (exact) mass is 228 g/mol. The average molecular weight is 228 g/mol. The van der Waals surface area contributed by atoms with Crippen molar-refractivity contribution in [3.63, 3.8) is 0 Å². The van der Waals surface area contributed by atoms with Gasteiger partial charge in [0.25, 0.3) is 0 Å². The number of hydrogen-bond donors (Lipinski definition) is 2. The summed E-state index contributed by atoms with van der Waals surface area (Å²) in [6.45, 7) is 6.51. The first-order valence-electron chi connectivity index (χ1n) is 5.20. The summed E-state index contributed by atoms with van der Waals surface area (Å²) < 4.78 is 4.36. The predicted molar refractivity (Wildman–Crippen MR) is 61.5 cm³/mol. The summed E-state index contributed by atoms with van der Waals surface area (Å²) >= 11 is 0. The maximum Gasteiger partial charge on any atom is 0.164 e. The second-order valence-corrected chi connectivity index (χ2v) is 3.74. The lowest BCUT2D eigenvalue weighted by Gasteiger charge is -2.16. The SMILES string of the molecule is C=COC=C.CO.O=C1CC2CCC1(O)C2. The molecule has 92 valence electrons. The Kier molecular flexibility index (Phi) is 6.69. The molecule has 2 bridgehead atoms. The van der Waals surface area contributed by atoms with E-state index in [0.717, 1.165) is 26.4 Å². The average Bonchev–Trinajstić information content (AvgIpc) is 2.78. The fourth-order valence-electron chi connectivity index (χ4n) is 2.07. The summed E-state index contributed by atoms with van der Waals surface area (Å²) in [5, 5.41) is 16.5. The molecule has 16 heavy (non-hydrogen) atoms. The van der Waals surface area contributed by atoms with Gasteiger partial charge in [0.1, 0.15) is 5.60 Å². The van der Waals surface area contributed by atoms with Gasteiger partial charge in [-0.05, 0) is 25.2 Å². The number of ether oxygens (including phenoxy) is 1. The van der Waals surface area contributed by atoms with Gasteiger partial charge in [0.2, 0.25) is 0 Å². The number of fused-ring (bicyclic) bond motifs is 2. The van der Waals surface area contributed by atoms with Crippen molar-refractivity contribution in [2.24, 2.45) is 5.92 Å². The zero-order valence-corrected chi connectivity index (χ0v) is 9.69. The van der Waals surface area contributed by atoms with Crippen LogP contribution in [-0.2, 0) is 9.53 Å². The molecule has 0 amide bonds. The van der Waals surface area contributed by atoms with Crippen molar-refractivity contribution in [3.8, 4) is 0 Å². The van der Waals surface area contributed by atoms with E-state index >= 15 is 0 Å². The Morgan fingerprint density at radius 3 is 2.12 bits per heavy atom. The standard InChI is InChI=1S/C7H10O2.C4H6O.CH4O/c8-6-3-5-1-2-7(6,9)4-5;1-3-5-4-2;1-2/h5,9H,1-4H2;3-4H,1-2H2;2H,1H3. The van der Waals surface area contributed by atoms with E-state index in [1.807, 2.05) is 0 Å². The topological polar surface area (TPSA) is 66.8 Å². The number of hydrogen-bond acceptors (Lipinski definition) is 4. The van der Waals surface area contributed by atoms with Gasteiger partial charge >= 0.3 is 0 Å². The number of ketones is 1. The molecule has 2 saturated carbocycles. The third kappa shape index (κ3) is 3.79. The van der Waals surface area contributed by atoms with Gasteiger partial charge in [-0.15, -0.1) is 0 Å². The molecule has 0 saturated heterocycles. The van der Waals surface area contributed by atoms with Crippen LogP contribution in [-0.4, -0.2) is 28.7 Å². The van der Waals surface area contributed by atoms with E-state index in [0.29, 0.717) is 12.3 Å². The number of aliphatic hydroxyl groups excluding tert-OH is 1. The molecular formula is C12H20O4. The minimum absolute atomic E-state index is 0.0822. The lowest BCUT2D eigenvalue weighted by Crippen LogP contribution is -2.31. The van der Waals surface area contributed by atoms with Gasteiger partial charge in [0, 0.05) is 13.5 Å². The molecule has 2 unspecified atom stereocenters. The Morgan fingerprint density at radius 1 is 1.44 bits per heavy atom. The molecule has 2 N–H and O–H groups in total. The Balaban J connectivity index is 0.000000280. The molecule has 0 radical (unpaired) electrons. The quantitative estimate of drug-likeness (QED) is 0.701. The van der Waals surface area contributed by atoms with Gasteiger partial charge < -0.3 is 14.9 Å². The van der Waals surface area contributed by atoms with Crippen LogP contribution in [0.3, 0.4) is 0 Å². The maximum atomic E-state index is 10.9. The van der Waals surface area contributed by atoms with Crippen LogP contribution in [0.25, 0.3) is 0 Å². The summed E-state index contributed by atoms with van der Waals surface area (Å²) in [4.78, 5) is 10.9. The molecule has 2 fully saturated rings. The Hall–Kier alpha value is -1.13. The van der Waals surface area contributed by atoms with E-state index in [2.05, 4.69) is 17.9 Å². The van der Waals surface area contributed by atoms with Crippen LogP contribution in [0.1, 0.15) is 25.7 Å². The molecule has 2 atom stereocenters. The van der Waals surface area contributed by atoms with Crippen molar-refractivity contribution in [3.05, 3.63) is 25.7 Å². The zero-order valence-electron chi connectivity index (χ0n) is 9.69. The zero-order chi connectivity index (χ0) is 12.6. The molecule has 4 heteroatoms. The van der Waals surface area contributed by atoms with Crippen molar-refractivity contribution in [2.45, 2.75) is 31.3 Å². The Bertz CT molecular complexity index is 243. The molecule has 0 aromatic heterocycles. The number of aliphatic hydroxyl groups is 2. The van der Waals surface area contributed by atoms with Crippen molar-refractivity contribution >= 4 is 5.78 Å². The van der Waals surface area contributed by atoms with Gasteiger partial charge in [0.05, 0.1) is 12.5 Å². The molecule has 2 aliphatic rings. The first kappa shape index (κ1) is 14.9. The molecule has 4 nitrogen and oxygen atoms in total. The highest BCUT2D eigenvalue weighted by Crippen LogP contribution is 2.44. The third-order valence-corrected chi connectivity index (χ3v) is 2.78. The third-order valence-electron chi connectivity index (χ3n) is 2.78.